The zero-order chi connectivity index (χ0) is 17.4. The summed E-state index contributed by atoms with van der Waals surface area (Å²) < 4.78 is 14.9. The second-order valence-corrected chi connectivity index (χ2v) is 5.54. The lowest BCUT2D eigenvalue weighted by Crippen LogP contribution is -2.12. The van der Waals surface area contributed by atoms with Crippen LogP contribution >= 0.6 is 11.3 Å². The Labute approximate surface area is 142 Å². The molecular formula is C15H17N3O5S. The van der Waals surface area contributed by atoms with Gasteiger partial charge in [-0.25, -0.2) is 4.79 Å². The molecule has 1 amide bonds. The molecule has 0 aliphatic heterocycles. The van der Waals surface area contributed by atoms with E-state index < -0.39 is 5.97 Å². The minimum Gasteiger partial charge on any atom is -0.497 e. The first-order chi connectivity index (χ1) is 11.6. The van der Waals surface area contributed by atoms with Crippen molar-refractivity contribution in [2.45, 2.75) is 13.5 Å². The highest BCUT2D eigenvalue weighted by Gasteiger charge is 2.14. The Morgan fingerprint density at radius 1 is 1.21 bits per heavy atom. The fraction of sp³-hybridized carbons (Fsp3) is 0.333. The van der Waals surface area contributed by atoms with E-state index in [-0.39, 0.29) is 24.1 Å². The number of benzene rings is 1. The lowest BCUT2D eigenvalue weighted by atomic mass is 10.3. The number of nitrogens with one attached hydrogen (secondary N) is 1. The lowest BCUT2D eigenvalue weighted by Gasteiger charge is -2.04. The first-order valence-electron chi connectivity index (χ1n) is 7.13. The summed E-state index contributed by atoms with van der Waals surface area (Å²) in [5, 5.41) is 10.9. The summed E-state index contributed by atoms with van der Waals surface area (Å²) in [6.45, 7) is 2.06. The molecule has 0 bridgehead atoms. The van der Waals surface area contributed by atoms with Crippen LogP contribution in [0.25, 0.3) is 0 Å². The molecule has 128 valence electrons. The van der Waals surface area contributed by atoms with Gasteiger partial charge in [-0.1, -0.05) is 11.3 Å². The molecule has 0 atom stereocenters. The van der Waals surface area contributed by atoms with Gasteiger partial charge in [-0.3, -0.25) is 4.79 Å². The Balaban J connectivity index is 1.87. The van der Waals surface area contributed by atoms with E-state index in [1.54, 1.807) is 38.3 Å². The van der Waals surface area contributed by atoms with Crippen LogP contribution < -0.4 is 10.1 Å². The molecule has 0 spiro atoms. The summed E-state index contributed by atoms with van der Waals surface area (Å²) in [6.07, 6.45) is 0. The molecular weight excluding hydrogens is 334 g/mol. The van der Waals surface area contributed by atoms with E-state index in [1.165, 1.54) is 0 Å². The van der Waals surface area contributed by atoms with Crippen LogP contribution in [0.5, 0.6) is 5.75 Å². The molecule has 9 heteroatoms. The van der Waals surface area contributed by atoms with Crippen molar-refractivity contribution in [3.8, 4) is 5.75 Å². The molecule has 1 aromatic carbocycles. The van der Waals surface area contributed by atoms with Gasteiger partial charge in [0.1, 0.15) is 19.0 Å². The SMILES string of the molecule is CCOCC(=O)OCc1nnc(C(=O)Nc2ccc(OC)cc2)s1. The van der Waals surface area contributed by atoms with Crippen molar-refractivity contribution in [1.29, 1.82) is 0 Å². The van der Waals surface area contributed by atoms with Crippen LogP contribution in [0.2, 0.25) is 0 Å². The van der Waals surface area contributed by atoms with E-state index in [0.29, 0.717) is 23.1 Å². The van der Waals surface area contributed by atoms with Crippen molar-refractivity contribution in [3.63, 3.8) is 0 Å². The van der Waals surface area contributed by atoms with Crippen LogP contribution in [0.15, 0.2) is 24.3 Å². The summed E-state index contributed by atoms with van der Waals surface area (Å²) in [5.41, 5.74) is 0.612. The third-order valence-electron chi connectivity index (χ3n) is 2.79. The molecule has 1 N–H and O–H groups in total. The van der Waals surface area contributed by atoms with Gasteiger partial charge in [0.05, 0.1) is 7.11 Å². The van der Waals surface area contributed by atoms with E-state index in [9.17, 15) is 9.59 Å². The standard InChI is InChI=1S/C15H17N3O5S/c1-3-22-9-13(19)23-8-12-17-18-15(24-12)14(20)16-10-4-6-11(21-2)7-5-10/h4-7H,3,8-9H2,1-2H3,(H,16,20). The van der Waals surface area contributed by atoms with E-state index in [2.05, 4.69) is 15.5 Å². The van der Waals surface area contributed by atoms with Gasteiger partial charge in [-0.05, 0) is 31.2 Å². The summed E-state index contributed by atoms with van der Waals surface area (Å²) in [7, 11) is 1.57. The average molecular weight is 351 g/mol. The Bertz CT molecular complexity index is 687. The van der Waals surface area contributed by atoms with Crippen molar-refractivity contribution in [1.82, 2.24) is 10.2 Å². The van der Waals surface area contributed by atoms with Gasteiger partial charge >= 0.3 is 5.97 Å². The zero-order valence-electron chi connectivity index (χ0n) is 13.3. The maximum absolute atomic E-state index is 12.1. The number of carbonyl (C=O) groups excluding carboxylic acids is 2. The number of rotatable bonds is 8. The number of carbonyl (C=O) groups is 2. The first kappa shape index (κ1) is 17.8. The maximum Gasteiger partial charge on any atom is 0.332 e. The van der Waals surface area contributed by atoms with Crippen LogP contribution in [-0.4, -0.2) is 42.4 Å². The smallest absolute Gasteiger partial charge is 0.332 e. The molecule has 0 saturated carbocycles. The average Bonchev–Trinajstić information content (AvgIpc) is 3.08. The molecule has 0 aliphatic rings. The Morgan fingerprint density at radius 3 is 2.62 bits per heavy atom. The topological polar surface area (TPSA) is 99.6 Å². The molecule has 2 rings (SSSR count). The second kappa shape index (κ2) is 8.94. The van der Waals surface area contributed by atoms with Crippen LogP contribution in [0, 0.1) is 0 Å². The minimum absolute atomic E-state index is 0.0423. The predicted octanol–water partition coefficient (Wildman–Crippen LogP) is 1.88. The third-order valence-corrected chi connectivity index (χ3v) is 3.69. The summed E-state index contributed by atoms with van der Waals surface area (Å²) in [4.78, 5) is 23.4. The van der Waals surface area contributed by atoms with Gasteiger partial charge in [0.2, 0.25) is 5.01 Å². The molecule has 0 radical (unpaired) electrons. The van der Waals surface area contributed by atoms with Crippen LogP contribution in [-0.2, 0) is 20.9 Å². The quantitative estimate of drug-likeness (QED) is 0.725. The van der Waals surface area contributed by atoms with Gasteiger partial charge in [0, 0.05) is 12.3 Å². The van der Waals surface area contributed by atoms with Crippen molar-refractivity contribution in [2.75, 3.05) is 25.6 Å². The van der Waals surface area contributed by atoms with Crippen LogP contribution in [0.1, 0.15) is 21.7 Å². The van der Waals surface area contributed by atoms with Gasteiger partial charge in [-0.2, -0.15) is 0 Å². The molecule has 0 aliphatic carbocycles. The van der Waals surface area contributed by atoms with Crippen molar-refractivity contribution in [3.05, 3.63) is 34.3 Å². The second-order valence-electron chi connectivity index (χ2n) is 4.48. The van der Waals surface area contributed by atoms with Gasteiger partial charge in [-0.15, -0.1) is 10.2 Å². The first-order valence-corrected chi connectivity index (χ1v) is 7.95. The molecule has 24 heavy (non-hydrogen) atoms. The maximum atomic E-state index is 12.1. The molecule has 0 fully saturated rings. The highest BCUT2D eigenvalue weighted by molar-refractivity contribution is 7.13. The van der Waals surface area contributed by atoms with Gasteiger partial charge in [0.15, 0.2) is 5.01 Å². The number of anilines is 1. The number of aromatic nitrogens is 2. The largest absolute Gasteiger partial charge is 0.497 e. The van der Waals surface area contributed by atoms with Crippen LogP contribution in [0.4, 0.5) is 5.69 Å². The number of esters is 1. The summed E-state index contributed by atoms with van der Waals surface area (Å²) in [5.74, 6) is -0.180. The van der Waals surface area contributed by atoms with E-state index in [1.807, 2.05) is 0 Å². The Kier molecular flexibility index (Phi) is 6.64. The molecule has 0 unspecified atom stereocenters. The molecule has 1 aromatic heterocycles. The Morgan fingerprint density at radius 2 is 1.96 bits per heavy atom. The van der Waals surface area contributed by atoms with Crippen molar-refractivity contribution in [2.24, 2.45) is 0 Å². The molecule has 0 saturated heterocycles. The number of amides is 1. The number of hydrogen-bond acceptors (Lipinski definition) is 8. The minimum atomic E-state index is -0.490. The fourth-order valence-corrected chi connectivity index (χ4v) is 2.28. The number of nitrogens with zero attached hydrogens (tertiary/aromatic N) is 2. The highest BCUT2D eigenvalue weighted by atomic mass is 32.1. The summed E-state index contributed by atoms with van der Waals surface area (Å²) >= 11 is 1.06. The predicted molar refractivity (Wildman–Crippen MR) is 87.1 cm³/mol. The monoisotopic (exact) mass is 351 g/mol. The van der Waals surface area contributed by atoms with Crippen molar-refractivity contribution < 1.29 is 23.8 Å². The lowest BCUT2D eigenvalue weighted by molar-refractivity contribution is -0.150. The fourth-order valence-electron chi connectivity index (χ4n) is 1.63. The van der Waals surface area contributed by atoms with Gasteiger partial charge < -0.3 is 19.5 Å². The highest BCUT2D eigenvalue weighted by Crippen LogP contribution is 2.17. The number of methoxy groups -OCH3 is 1. The normalized spacial score (nSPS) is 10.2. The van der Waals surface area contributed by atoms with Crippen LogP contribution in [0.3, 0.4) is 0 Å². The zero-order valence-corrected chi connectivity index (χ0v) is 14.1. The molecule has 2 aromatic rings. The molecule has 8 nitrogen and oxygen atoms in total. The Hall–Kier alpha value is -2.52. The van der Waals surface area contributed by atoms with E-state index in [4.69, 9.17) is 14.2 Å². The molecule has 1 heterocycles. The van der Waals surface area contributed by atoms with Gasteiger partial charge in [0.25, 0.3) is 5.91 Å². The third kappa shape index (κ3) is 5.28. The number of hydrogen-bond donors (Lipinski definition) is 1. The van der Waals surface area contributed by atoms with E-state index >= 15 is 0 Å². The number of ether oxygens (including phenoxy) is 3. The van der Waals surface area contributed by atoms with Crippen molar-refractivity contribution >= 4 is 28.9 Å². The van der Waals surface area contributed by atoms with E-state index in [0.717, 1.165) is 11.3 Å². The summed E-state index contributed by atoms with van der Waals surface area (Å²) in [6, 6.07) is 6.90.